The molecule has 3 heterocycles. The SMILES string of the molecule is C=CP(=O)(OC)OCC1OC(n2cnc3c(N)ncnc32)C(O)C1O. The van der Waals surface area contributed by atoms with Crippen LogP contribution in [0.2, 0.25) is 0 Å². The van der Waals surface area contributed by atoms with E-state index in [-0.39, 0.29) is 12.4 Å². The fourth-order valence-electron chi connectivity index (χ4n) is 2.51. The number of nitrogens with two attached hydrogens (primary N) is 1. The number of fused-ring (bicyclic) bond motifs is 1. The van der Waals surface area contributed by atoms with Gasteiger partial charge in [-0.25, -0.2) is 15.0 Å². The minimum atomic E-state index is -3.47. The van der Waals surface area contributed by atoms with Crippen LogP contribution in [-0.2, 0) is 18.3 Å². The number of aliphatic hydroxyl groups is 2. The minimum Gasteiger partial charge on any atom is -0.387 e. The highest BCUT2D eigenvalue weighted by molar-refractivity contribution is 7.57. The number of aliphatic hydroxyl groups excluding tert-OH is 2. The summed E-state index contributed by atoms with van der Waals surface area (Å²) >= 11 is 0. The van der Waals surface area contributed by atoms with E-state index in [1.54, 1.807) is 0 Å². The number of aromatic nitrogens is 4. The van der Waals surface area contributed by atoms with Gasteiger partial charge in [0.15, 0.2) is 17.7 Å². The number of nitrogens with zero attached hydrogens (tertiary/aromatic N) is 4. The van der Waals surface area contributed by atoms with E-state index < -0.39 is 32.1 Å². The van der Waals surface area contributed by atoms with Gasteiger partial charge in [-0.05, 0) is 0 Å². The Kier molecular flexibility index (Phi) is 4.87. The van der Waals surface area contributed by atoms with Gasteiger partial charge in [0, 0.05) is 12.9 Å². The molecule has 3 rings (SSSR count). The van der Waals surface area contributed by atoms with Crippen LogP contribution in [0, 0.1) is 0 Å². The normalized spacial score (nSPS) is 28.9. The molecule has 4 N–H and O–H groups in total. The zero-order valence-corrected chi connectivity index (χ0v) is 14.2. The Balaban J connectivity index is 1.81. The molecule has 0 aromatic carbocycles. The summed E-state index contributed by atoms with van der Waals surface area (Å²) in [6.45, 7) is 3.11. The number of hydrogen-bond acceptors (Lipinski definition) is 10. The molecule has 0 saturated carbocycles. The van der Waals surface area contributed by atoms with E-state index in [4.69, 9.17) is 19.5 Å². The van der Waals surface area contributed by atoms with E-state index in [0.29, 0.717) is 11.2 Å². The Bertz CT molecular complexity index is 828. The molecule has 1 aliphatic heterocycles. The van der Waals surface area contributed by atoms with Crippen molar-refractivity contribution in [2.45, 2.75) is 24.5 Å². The van der Waals surface area contributed by atoms with Gasteiger partial charge in [0.25, 0.3) is 0 Å². The standard InChI is InChI=1S/C13H18N5O6P/c1-3-25(21,22-2)23-4-7-9(19)10(20)13(24-7)18-6-17-8-11(14)15-5-16-12(8)18/h3,5-7,9-10,13,19-20H,1,4H2,2H3,(H2,14,15,16). The highest BCUT2D eigenvalue weighted by Gasteiger charge is 2.45. The number of ether oxygens (including phenoxy) is 1. The van der Waals surface area contributed by atoms with Gasteiger partial charge in [0.2, 0.25) is 0 Å². The molecule has 5 atom stereocenters. The van der Waals surface area contributed by atoms with Crippen LogP contribution >= 0.6 is 7.60 Å². The summed E-state index contributed by atoms with van der Waals surface area (Å²) in [4.78, 5) is 12.0. The number of rotatable bonds is 6. The third-order valence-corrected chi connectivity index (χ3v) is 5.36. The molecule has 136 valence electrons. The fourth-order valence-corrected chi connectivity index (χ4v) is 3.22. The zero-order valence-electron chi connectivity index (χ0n) is 13.3. The van der Waals surface area contributed by atoms with Crippen molar-refractivity contribution in [2.75, 3.05) is 19.5 Å². The lowest BCUT2D eigenvalue weighted by atomic mass is 10.1. The monoisotopic (exact) mass is 371 g/mol. The third-order valence-electron chi connectivity index (χ3n) is 3.90. The molecule has 25 heavy (non-hydrogen) atoms. The van der Waals surface area contributed by atoms with Crippen molar-refractivity contribution >= 4 is 24.6 Å². The number of anilines is 1. The van der Waals surface area contributed by atoms with Crippen molar-refractivity contribution < 1.29 is 28.6 Å². The first-order chi connectivity index (χ1) is 11.9. The Morgan fingerprint density at radius 1 is 1.44 bits per heavy atom. The lowest BCUT2D eigenvalue weighted by Crippen LogP contribution is -2.33. The first-order valence-corrected chi connectivity index (χ1v) is 8.89. The van der Waals surface area contributed by atoms with E-state index in [9.17, 15) is 14.8 Å². The summed E-state index contributed by atoms with van der Waals surface area (Å²) in [6, 6.07) is 0. The van der Waals surface area contributed by atoms with Crippen LogP contribution in [0.1, 0.15) is 6.23 Å². The van der Waals surface area contributed by atoms with E-state index in [2.05, 4.69) is 21.5 Å². The van der Waals surface area contributed by atoms with E-state index in [1.165, 1.54) is 24.3 Å². The van der Waals surface area contributed by atoms with Crippen molar-refractivity contribution in [3.05, 3.63) is 25.1 Å². The minimum absolute atomic E-state index is 0.184. The fraction of sp³-hybridized carbons (Fsp3) is 0.462. The van der Waals surface area contributed by atoms with Gasteiger partial charge in [-0.15, -0.1) is 0 Å². The molecule has 2 aromatic heterocycles. The smallest absolute Gasteiger partial charge is 0.353 e. The topological polar surface area (TPSA) is 155 Å². The maximum Gasteiger partial charge on any atom is 0.353 e. The lowest BCUT2D eigenvalue weighted by molar-refractivity contribution is -0.0484. The Labute approximate surface area is 142 Å². The molecular weight excluding hydrogens is 353 g/mol. The maximum absolute atomic E-state index is 12.0. The van der Waals surface area contributed by atoms with Gasteiger partial charge in [0.05, 0.1) is 12.9 Å². The van der Waals surface area contributed by atoms with Gasteiger partial charge >= 0.3 is 7.60 Å². The second-order valence-electron chi connectivity index (χ2n) is 5.33. The Hall–Kier alpha value is -1.88. The Morgan fingerprint density at radius 3 is 2.88 bits per heavy atom. The van der Waals surface area contributed by atoms with Gasteiger partial charge in [-0.2, -0.15) is 0 Å². The molecule has 0 amide bonds. The second kappa shape index (κ2) is 6.79. The molecule has 0 spiro atoms. The second-order valence-corrected chi connectivity index (χ2v) is 7.40. The van der Waals surface area contributed by atoms with E-state index in [1.807, 2.05) is 0 Å². The summed E-state index contributed by atoms with van der Waals surface area (Å²) < 4.78 is 29.0. The van der Waals surface area contributed by atoms with E-state index in [0.717, 1.165) is 5.82 Å². The van der Waals surface area contributed by atoms with E-state index >= 15 is 0 Å². The molecule has 0 aliphatic carbocycles. The average molecular weight is 371 g/mol. The van der Waals surface area contributed by atoms with Crippen LogP contribution < -0.4 is 5.73 Å². The quantitative estimate of drug-likeness (QED) is 0.592. The molecular formula is C13H18N5O6P. The first-order valence-electron chi connectivity index (χ1n) is 7.28. The molecule has 0 radical (unpaired) electrons. The van der Waals surface area contributed by atoms with Crippen LogP contribution in [0.5, 0.6) is 0 Å². The van der Waals surface area contributed by atoms with Crippen molar-refractivity contribution in [3.8, 4) is 0 Å². The largest absolute Gasteiger partial charge is 0.387 e. The van der Waals surface area contributed by atoms with Gasteiger partial charge < -0.3 is 29.7 Å². The summed E-state index contributed by atoms with van der Waals surface area (Å²) in [5.74, 6) is 1.23. The summed E-state index contributed by atoms with van der Waals surface area (Å²) in [5, 5.41) is 20.5. The van der Waals surface area contributed by atoms with Crippen LogP contribution in [0.4, 0.5) is 5.82 Å². The van der Waals surface area contributed by atoms with Crippen molar-refractivity contribution in [3.63, 3.8) is 0 Å². The summed E-state index contributed by atoms with van der Waals surface area (Å²) in [7, 11) is -2.25. The molecule has 5 unspecified atom stereocenters. The molecule has 12 heteroatoms. The van der Waals surface area contributed by atoms with Gasteiger partial charge in [0.1, 0.15) is 30.2 Å². The maximum atomic E-state index is 12.0. The van der Waals surface area contributed by atoms with Crippen LogP contribution in [0.15, 0.2) is 25.1 Å². The zero-order chi connectivity index (χ0) is 18.2. The van der Waals surface area contributed by atoms with Crippen molar-refractivity contribution in [1.82, 2.24) is 19.5 Å². The molecule has 1 fully saturated rings. The van der Waals surface area contributed by atoms with Crippen molar-refractivity contribution in [2.24, 2.45) is 0 Å². The van der Waals surface area contributed by atoms with Crippen LogP contribution in [0.3, 0.4) is 0 Å². The predicted octanol–water partition coefficient (Wildman–Crippen LogP) is 0.0273. The van der Waals surface area contributed by atoms with Gasteiger partial charge in [-0.1, -0.05) is 6.58 Å². The highest BCUT2D eigenvalue weighted by atomic mass is 31.2. The average Bonchev–Trinajstić information content (AvgIpc) is 3.16. The van der Waals surface area contributed by atoms with Crippen LogP contribution in [-0.4, -0.2) is 61.8 Å². The molecule has 11 nitrogen and oxygen atoms in total. The van der Waals surface area contributed by atoms with Gasteiger partial charge in [-0.3, -0.25) is 9.13 Å². The Morgan fingerprint density at radius 2 is 2.20 bits per heavy atom. The predicted molar refractivity (Wildman–Crippen MR) is 86.4 cm³/mol. The molecule has 1 aliphatic rings. The lowest BCUT2D eigenvalue weighted by Gasteiger charge is -2.18. The third kappa shape index (κ3) is 3.17. The number of hydrogen-bond donors (Lipinski definition) is 3. The van der Waals surface area contributed by atoms with Crippen LogP contribution in [0.25, 0.3) is 11.2 Å². The van der Waals surface area contributed by atoms with Crippen molar-refractivity contribution in [1.29, 1.82) is 0 Å². The highest BCUT2D eigenvalue weighted by Crippen LogP contribution is 2.49. The molecule has 2 aromatic rings. The number of imidazole rings is 1. The summed E-state index contributed by atoms with van der Waals surface area (Å²) in [5.41, 5.74) is 6.43. The molecule has 0 bridgehead atoms. The molecule has 1 saturated heterocycles. The summed E-state index contributed by atoms with van der Waals surface area (Å²) in [6.07, 6.45) is -1.85. The first kappa shape index (κ1) is 17.9. The number of nitrogen functional groups attached to an aromatic ring is 1.